The van der Waals surface area contributed by atoms with Crippen molar-refractivity contribution in [3.63, 3.8) is 0 Å². The predicted octanol–water partition coefficient (Wildman–Crippen LogP) is 1.40. The highest BCUT2D eigenvalue weighted by Gasteiger charge is 2.31. The second-order valence-electron chi connectivity index (χ2n) is 5.44. The van der Waals surface area contributed by atoms with Crippen molar-refractivity contribution in [3.8, 4) is 5.75 Å². The van der Waals surface area contributed by atoms with Gasteiger partial charge in [0.25, 0.3) is 0 Å². The van der Waals surface area contributed by atoms with Gasteiger partial charge in [-0.1, -0.05) is 6.92 Å². The number of hydrogen-bond acceptors (Lipinski definition) is 4. The number of benzene rings is 1. The molecule has 0 amide bonds. The number of hydrogen-bond donors (Lipinski definition) is 2. The summed E-state index contributed by atoms with van der Waals surface area (Å²) in [5.74, 6) is -0.133. The molecule has 0 aliphatic heterocycles. The van der Waals surface area contributed by atoms with Crippen molar-refractivity contribution >= 4 is 16.0 Å². The number of methoxy groups -OCH3 is 1. The molecule has 21 heavy (non-hydrogen) atoms. The minimum atomic E-state index is -3.71. The van der Waals surface area contributed by atoms with Crippen molar-refractivity contribution in [1.82, 2.24) is 4.72 Å². The minimum Gasteiger partial charge on any atom is -0.497 e. The normalized spacial score (nSPS) is 21.6. The Balaban J connectivity index is 2.30. The van der Waals surface area contributed by atoms with E-state index in [-0.39, 0.29) is 22.9 Å². The molecule has 0 aromatic heterocycles. The molecule has 2 rings (SSSR count). The number of carboxylic acids is 1. The Morgan fingerprint density at radius 3 is 2.62 bits per heavy atom. The van der Waals surface area contributed by atoms with Crippen LogP contribution in [0.4, 0.5) is 0 Å². The van der Waals surface area contributed by atoms with Gasteiger partial charge in [-0.25, -0.2) is 13.1 Å². The molecule has 6 nitrogen and oxygen atoms in total. The van der Waals surface area contributed by atoms with E-state index in [1.165, 1.54) is 25.3 Å². The third-order valence-electron chi connectivity index (χ3n) is 3.59. The van der Waals surface area contributed by atoms with Crippen LogP contribution in [-0.4, -0.2) is 32.6 Å². The molecule has 0 bridgehead atoms. The van der Waals surface area contributed by atoms with Gasteiger partial charge in [-0.2, -0.15) is 0 Å². The highest BCUT2D eigenvalue weighted by Crippen LogP contribution is 2.29. The number of nitrogens with one attached hydrogen (secondary N) is 1. The Labute approximate surface area is 124 Å². The van der Waals surface area contributed by atoms with Crippen LogP contribution < -0.4 is 9.46 Å². The molecule has 1 aromatic carbocycles. The molecule has 1 aliphatic carbocycles. The quantitative estimate of drug-likeness (QED) is 0.828. The van der Waals surface area contributed by atoms with Gasteiger partial charge in [0.2, 0.25) is 10.0 Å². The van der Waals surface area contributed by atoms with E-state index in [9.17, 15) is 13.2 Å². The maximum Gasteiger partial charge on any atom is 0.307 e. The van der Waals surface area contributed by atoms with E-state index in [4.69, 9.17) is 9.84 Å². The van der Waals surface area contributed by atoms with Gasteiger partial charge in [-0.15, -0.1) is 0 Å². The summed E-state index contributed by atoms with van der Waals surface area (Å²) in [5.41, 5.74) is 0.224. The summed E-state index contributed by atoms with van der Waals surface area (Å²) in [6, 6.07) is 4.29. The third-order valence-corrected chi connectivity index (χ3v) is 5.22. The van der Waals surface area contributed by atoms with Crippen LogP contribution in [0.25, 0.3) is 0 Å². The van der Waals surface area contributed by atoms with Crippen molar-refractivity contribution in [2.45, 2.75) is 37.1 Å². The zero-order valence-electron chi connectivity index (χ0n) is 12.0. The summed E-state index contributed by atoms with van der Waals surface area (Å²) in [6.07, 6.45) is 1.25. The van der Waals surface area contributed by atoms with Crippen LogP contribution in [0.15, 0.2) is 23.1 Å². The molecule has 0 radical (unpaired) electrons. The van der Waals surface area contributed by atoms with Gasteiger partial charge in [0, 0.05) is 6.04 Å². The van der Waals surface area contributed by atoms with E-state index < -0.39 is 16.0 Å². The monoisotopic (exact) mass is 313 g/mol. The average Bonchev–Trinajstić information content (AvgIpc) is 2.35. The molecule has 1 aromatic rings. The topological polar surface area (TPSA) is 92.7 Å². The predicted molar refractivity (Wildman–Crippen MR) is 76.8 cm³/mol. The molecular formula is C14H19NO5S. The van der Waals surface area contributed by atoms with Crippen LogP contribution in [-0.2, 0) is 21.2 Å². The first-order valence-electron chi connectivity index (χ1n) is 6.73. The van der Waals surface area contributed by atoms with Crippen LogP contribution in [0.2, 0.25) is 0 Å². The maximum atomic E-state index is 12.4. The van der Waals surface area contributed by atoms with Gasteiger partial charge in [0.05, 0.1) is 18.4 Å². The van der Waals surface area contributed by atoms with Crippen LogP contribution in [0.3, 0.4) is 0 Å². The first kappa shape index (κ1) is 15.8. The van der Waals surface area contributed by atoms with E-state index in [1.807, 2.05) is 0 Å². The molecule has 0 unspecified atom stereocenters. The van der Waals surface area contributed by atoms with E-state index in [2.05, 4.69) is 11.6 Å². The SMILES string of the molecule is COc1ccc(S(=O)(=O)NC2CC(C)C2)c(CC(=O)O)c1. The Morgan fingerprint density at radius 1 is 1.43 bits per heavy atom. The van der Waals surface area contributed by atoms with E-state index in [0.717, 1.165) is 12.8 Å². The molecular weight excluding hydrogens is 294 g/mol. The second kappa shape index (κ2) is 6.03. The summed E-state index contributed by atoms with van der Waals surface area (Å²) in [6.45, 7) is 2.06. The smallest absolute Gasteiger partial charge is 0.307 e. The first-order chi connectivity index (χ1) is 9.81. The molecule has 1 aliphatic rings. The first-order valence-corrected chi connectivity index (χ1v) is 8.21. The van der Waals surface area contributed by atoms with Crippen molar-refractivity contribution in [2.75, 3.05) is 7.11 Å². The van der Waals surface area contributed by atoms with E-state index in [0.29, 0.717) is 11.7 Å². The fourth-order valence-corrected chi connectivity index (χ4v) is 4.01. The van der Waals surface area contributed by atoms with Crippen molar-refractivity contribution < 1.29 is 23.1 Å². The highest BCUT2D eigenvalue weighted by atomic mass is 32.2. The van der Waals surface area contributed by atoms with Crippen molar-refractivity contribution in [1.29, 1.82) is 0 Å². The van der Waals surface area contributed by atoms with E-state index in [1.54, 1.807) is 0 Å². The van der Waals surface area contributed by atoms with Crippen LogP contribution in [0.5, 0.6) is 5.75 Å². The Bertz CT molecular complexity index is 635. The molecule has 0 spiro atoms. The van der Waals surface area contributed by atoms with Gasteiger partial charge in [0.1, 0.15) is 5.75 Å². The number of rotatable bonds is 6. The number of ether oxygens (including phenoxy) is 1. The zero-order chi connectivity index (χ0) is 15.6. The molecule has 0 atom stereocenters. The van der Waals surface area contributed by atoms with Gasteiger partial charge in [0.15, 0.2) is 0 Å². The third kappa shape index (κ3) is 3.74. The van der Waals surface area contributed by atoms with E-state index >= 15 is 0 Å². The summed E-state index contributed by atoms with van der Waals surface area (Å²) >= 11 is 0. The molecule has 2 N–H and O–H groups in total. The highest BCUT2D eigenvalue weighted by molar-refractivity contribution is 7.89. The number of sulfonamides is 1. The zero-order valence-corrected chi connectivity index (χ0v) is 12.8. The summed E-state index contributed by atoms with van der Waals surface area (Å²) in [5, 5.41) is 8.94. The maximum absolute atomic E-state index is 12.4. The van der Waals surface area contributed by atoms with Crippen molar-refractivity contribution in [2.24, 2.45) is 5.92 Å². The summed E-state index contributed by atoms with van der Waals surface area (Å²) in [7, 11) is -2.27. The fourth-order valence-electron chi connectivity index (χ4n) is 2.53. The average molecular weight is 313 g/mol. The van der Waals surface area contributed by atoms with Crippen molar-refractivity contribution in [3.05, 3.63) is 23.8 Å². The summed E-state index contributed by atoms with van der Waals surface area (Å²) < 4.78 is 32.5. The largest absolute Gasteiger partial charge is 0.497 e. The molecule has 1 saturated carbocycles. The standard InChI is InChI=1S/C14H19NO5S/c1-9-5-11(6-9)15-21(18,19)13-4-3-12(20-2)7-10(13)8-14(16)17/h3-4,7,9,11,15H,5-6,8H2,1-2H3,(H,16,17). The molecule has 116 valence electrons. The molecule has 1 fully saturated rings. The Kier molecular flexibility index (Phi) is 4.53. The lowest BCUT2D eigenvalue weighted by molar-refractivity contribution is -0.136. The van der Waals surface area contributed by atoms with Gasteiger partial charge >= 0.3 is 5.97 Å². The Morgan fingerprint density at radius 2 is 2.10 bits per heavy atom. The van der Waals surface area contributed by atoms with Crippen LogP contribution in [0.1, 0.15) is 25.3 Å². The lowest BCUT2D eigenvalue weighted by Gasteiger charge is -2.33. The molecule has 7 heteroatoms. The summed E-state index contributed by atoms with van der Waals surface area (Å²) in [4.78, 5) is 10.9. The number of carboxylic acid groups (broad SMARTS) is 1. The van der Waals surface area contributed by atoms with Gasteiger partial charge in [-0.05, 0) is 42.5 Å². The lowest BCUT2D eigenvalue weighted by Crippen LogP contribution is -2.43. The lowest BCUT2D eigenvalue weighted by atomic mass is 9.83. The Hall–Kier alpha value is -1.60. The second-order valence-corrected chi connectivity index (χ2v) is 7.12. The van der Waals surface area contributed by atoms with Gasteiger partial charge < -0.3 is 9.84 Å². The number of aliphatic carboxylic acids is 1. The molecule has 0 saturated heterocycles. The number of carbonyl (C=O) groups is 1. The van der Waals surface area contributed by atoms with Gasteiger partial charge in [-0.3, -0.25) is 4.79 Å². The molecule has 0 heterocycles. The van der Waals surface area contributed by atoms with Crippen LogP contribution >= 0.6 is 0 Å². The van der Waals surface area contributed by atoms with Crippen LogP contribution in [0, 0.1) is 5.92 Å². The minimum absolute atomic E-state index is 0.00486. The fraction of sp³-hybridized carbons (Fsp3) is 0.500.